The fourth-order valence-corrected chi connectivity index (χ4v) is 3.50. The van der Waals surface area contributed by atoms with Gasteiger partial charge < -0.3 is 15.5 Å². The Morgan fingerprint density at radius 3 is 2.46 bits per heavy atom. The average molecular weight is 386 g/mol. The summed E-state index contributed by atoms with van der Waals surface area (Å²) in [4.78, 5) is 13.3. The Morgan fingerprint density at radius 1 is 1.00 bits per heavy atom. The van der Waals surface area contributed by atoms with Crippen LogP contribution in [-0.2, 0) is 6.54 Å². The number of benzene rings is 3. The van der Waals surface area contributed by atoms with Gasteiger partial charge in [0.15, 0.2) is 5.75 Å². The molecule has 0 aliphatic heterocycles. The summed E-state index contributed by atoms with van der Waals surface area (Å²) in [6, 6.07) is 20.1. The van der Waals surface area contributed by atoms with Gasteiger partial charge in [-0.2, -0.15) is 0 Å². The molecule has 0 unspecified atom stereocenters. The SMILES string of the molecule is O=C(O)c1cccc(NCc2ccccc2Sc2ccc(Cl)cc2)c1O. The molecule has 6 heteroatoms. The average Bonchev–Trinajstić information content (AvgIpc) is 2.63. The number of anilines is 1. The van der Waals surface area contributed by atoms with Crippen LogP contribution in [0.1, 0.15) is 15.9 Å². The number of carboxylic acid groups (broad SMARTS) is 1. The van der Waals surface area contributed by atoms with Gasteiger partial charge in [0, 0.05) is 21.4 Å². The second-order valence-corrected chi connectivity index (χ2v) is 7.08. The van der Waals surface area contributed by atoms with Crippen molar-refractivity contribution in [3.05, 3.63) is 82.9 Å². The molecule has 0 aliphatic carbocycles. The maximum atomic E-state index is 11.1. The van der Waals surface area contributed by atoms with E-state index in [0.717, 1.165) is 15.4 Å². The molecule has 0 fully saturated rings. The lowest BCUT2D eigenvalue weighted by atomic mass is 10.1. The van der Waals surface area contributed by atoms with Gasteiger partial charge in [0.1, 0.15) is 5.56 Å². The van der Waals surface area contributed by atoms with E-state index in [0.29, 0.717) is 17.3 Å². The summed E-state index contributed by atoms with van der Waals surface area (Å²) in [5.74, 6) is -1.42. The molecule has 0 atom stereocenters. The van der Waals surface area contributed by atoms with Crippen molar-refractivity contribution in [3.63, 3.8) is 0 Å². The number of nitrogens with one attached hydrogen (secondary N) is 1. The first kappa shape index (κ1) is 18.2. The van der Waals surface area contributed by atoms with E-state index in [1.54, 1.807) is 23.9 Å². The van der Waals surface area contributed by atoms with Gasteiger partial charge in [0.2, 0.25) is 0 Å². The number of halogens is 1. The predicted molar refractivity (Wildman–Crippen MR) is 104 cm³/mol. The highest BCUT2D eigenvalue weighted by Gasteiger charge is 2.13. The molecule has 4 nitrogen and oxygen atoms in total. The Balaban J connectivity index is 1.78. The van der Waals surface area contributed by atoms with Crippen molar-refractivity contribution in [2.45, 2.75) is 16.3 Å². The van der Waals surface area contributed by atoms with E-state index in [1.165, 1.54) is 6.07 Å². The summed E-state index contributed by atoms with van der Waals surface area (Å²) in [5.41, 5.74) is 1.29. The third kappa shape index (κ3) is 4.31. The Kier molecular flexibility index (Phi) is 5.71. The number of hydrogen-bond donors (Lipinski definition) is 3. The lowest BCUT2D eigenvalue weighted by Gasteiger charge is -2.13. The fourth-order valence-electron chi connectivity index (χ4n) is 2.43. The molecule has 0 saturated heterocycles. The number of aromatic carboxylic acids is 1. The van der Waals surface area contributed by atoms with Gasteiger partial charge in [-0.15, -0.1) is 0 Å². The van der Waals surface area contributed by atoms with Crippen LogP contribution in [0.15, 0.2) is 76.5 Å². The normalized spacial score (nSPS) is 10.5. The third-order valence-electron chi connectivity index (χ3n) is 3.75. The summed E-state index contributed by atoms with van der Waals surface area (Å²) in [6.07, 6.45) is 0. The first-order valence-corrected chi connectivity index (χ1v) is 9.04. The number of hydrogen-bond acceptors (Lipinski definition) is 4. The van der Waals surface area contributed by atoms with Crippen molar-refractivity contribution < 1.29 is 15.0 Å². The third-order valence-corrected chi connectivity index (χ3v) is 5.13. The zero-order valence-corrected chi connectivity index (χ0v) is 15.2. The number of aromatic hydroxyl groups is 1. The van der Waals surface area contributed by atoms with Crippen LogP contribution in [0.5, 0.6) is 5.75 Å². The minimum Gasteiger partial charge on any atom is -0.505 e. The van der Waals surface area contributed by atoms with Crippen LogP contribution in [0.3, 0.4) is 0 Å². The van der Waals surface area contributed by atoms with E-state index in [9.17, 15) is 9.90 Å². The van der Waals surface area contributed by atoms with Crippen molar-refractivity contribution in [2.24, 2.45) is 0 Å². The summed E-state index contributed by atoms with van der Waals surface area (Å²) in [6.45, 7) is 0.452. The van der Waals surface area contributed by atoms with Crippen LogP contribution < -0.4 is 5.32 Å². The van der Waals surface area contributed by atoms with Crippen molar-refractivity contribution >= 4 is 35.0 Å². The number of phenols is 1. The first-order chi connectivity index (χ1) is 12.5. The van der Waals surface area contributed by atoms with E-state index < -0.39 is 5.97 Å². The molecule has 0 radical (unpaired) electrons. The molecule has 0 amide bonds. The summed E-state index contributed by atoms with van der Waals surface area (Å²) < 4.78 is 0. The Morgan fingerprint density at radius 2 is 1.73 bits per heavy atom. The lowest BCUT2D eigenvalue weighted by Crippen LogP contribution is -2.04. The maximum absolute atomic E-state index is 11.1. The topological polar surface area (TPSA) is 69.6 Å². The molecule has 0 heterocycles. The van der Waals surface area contributed by atoms with E-state index in [2.05, 4.69) is 5.32 Å². The highest BCUT2D eigenvalue weighted by Crippen LogP contribution is 2.33. The Labute approximate surface area is 160 Å². The minimum absolute atomic E-state index is 0.126. The molecular weight excluding hydrogens is 370 g/mol. The molecule has 0 spiro atoms. The van der Waals surface area contributed by atoms with E-state index in [4.69, 9.17) is 16.7 Å². The quantitative estimate of drug-likeness (QED) is 0.488. The largest absolute Gasteiger partial charge is 0.505 e. The molecule has 3 aromatic rings. The standard InChI is InChI=1S/C20H16ClNO3S/c21-14-8-10-15(11-9-14)26-18-7-2-1-4-13(18)12-22-17-6-3-5-16(19(17)23)20(24)25/h1-11,22-23H,12H2,(H,24,25). The van der Waals surface area contributed by atoms with Crippen LogP contribution >= 0.6 is 23.4 Å². The molecule has 0 aromatic heterocycles. The monoisotopic (exact) mass is 385 g/mol. The second kappa shape index (κ2) is 8.17. The number of carboxylic acids is 1. The van der Waals surface area contributed by atoms with Crippen molar-refractivity contribution in [3.8, 4) is 5.75 Å². The molecule has 132 valence electrons. The van der Waals surface area contributed by atoms with Crippen molar-refractivity contribution in [1.29, 1.82) is 0 Å². The van der Waals surface area contributed by atoms with Crippen molar-refractivity contribution in [2.75, 3.05) is 5.32 Å². The van der Waals surface area contributed by atoms with Crippen LogP contribution in [-0.4, -0.2) is 16.2 Å². The van der Waals surface area contributed by atoms with E-state index in [1.807, 2.05) is 48.5 Å². The molecule has 0 bridgehead atoms. The molecule has 0 aliphatic rings. The molecule has 3 N–H and O–H groups in total. The van der Waals surface area contributed by atoms with Gasteiger partial charge in [-0.1, -0.05) is 47.6 Å². The molecule has 0 saturated carbocycles. The number of para-hydroxylation sites is 1. The summed E-state index contributed by atoms with van der Waals surface area (Å²) in [7, 11) is 0. The zero-order chi connectivity index (χ0) is 18.5. The van der Waals surface area contributed by atoms with Crippen LogP contribution in [0.25, 0.3) is 0 Å². The van der Waals surface area contributed by atoms with Gasteiger partial charge in [-0.3, -0.25) is 0 Å². The van der Waals surface area contributed by atoms with Gasteiger partial charge in [0.25, 0.3) is 0 Å². The number of carbonyl (C=O) groups is 1. The van der Waals surface area contributed by atoms with Gasteiger partial charge >= 0.3 is 5.97 Å². The molecule has 26 heavy (non-hydrogen) atoms. The highest BCUT2D eigenvalue weighted by atomic mass is 35.5. The van der Waals surface area contributed by atoms with Crippen molar-refractivity contribution in [1.82, 2.24) is 0 Å². The Hall–Kier alpha value is -2.63. The zero-order valence-electron chi connectivity index (χ0n) is 13.6. The molecule has 3 rings (SSSR count). The van der Waals surface area contributed by atoms with Gasteiger partial charge in [-0.05, 0) is 48.0 Å². The number of rotatable bonds is 6. The smallest absolute Gasteiger partial charge is 0.339 e. The molecule has 3 aromatic carbocycles. The maximum Gasteiger partial charge on any atom is 0.339 e. The Bertz CT molecular complexity index is 929. The van der Waals surface area contributed by atoms with Crippen LogP contribution in [0, 0.1) is 0 Å². The molecular formula is C20H16ClNO3S. The van der Waals surface area contributed by atoms with E-state index in [-0.39, 0.29) is 11.3 Å². The first-order valence-electron chi connectivity index (χ1n) is 7.85. The summed E-state index contributed by atoms with van der Waals surface area (Å²) >= 11 is 7.54. The van der Waals surface area contributed by atoms with Crippen LogP contribution in [0.2, 0.25) is 5.02 Å². The summed E-state index contributed by atoms with van der Waals surface area (Å²) in [5, 5.41) is 23.0. The van der Waals surface area contributed by atoms with Gasteiger partial charge in [-0.25, -0.2) is 4.79 Å². The minimum atomic E-state index is -1.16. The fraction of sp³-hybridized carbons (Fsp3) is 0.0500. The lowest BCUT2D eigenvalue weighted by molar-refractivity contribution is 0.0694. The van der Waals surface area contributed by atoms with E-state index >= 15 is 0 Å². The predicted octanol–water partition coefficient (Wildman–Crippen LogP) is 5.51. The highest BCUT2D eigenvalue weighted by molar-refractivity contribution is 7.99. The van der Waals surface area contributed by atoms with Gasteiger partial charge in [0.05, 0.1) is 5.69 Å². The van der Waals surface area contributed by atoms with Crippen LogP contribution in [0.4, 0.5) is 5.69 Å². The second-order valence-electron chi connectivity index (χ2n) is 5.52.